The number of pyridine rings is 1. The van der Waals surface area contributed by atoms with Gasteiger partial charge in [0.1, 0.15) is 10.7 Å². The van der Waals surface area contributed by atoms with Gasteiger partial charge in [0.05, 0.1) is 5.52 Å². The molecule has 0 saturated heterocycles. The Morgan fingerprint density at radius 1 is 1.00 bits per heavy atom. The molecule has 0 unspecified atom stereocenters. The van der Waals surface area contributed by atoms with Crippen molar-refractivity contribution >= 4 is 26.6 Å². The van der Waals surface area contributed by atoms with E-state index in [0.717, 1.165) is 17.0 Å². The largest absolute Gasteiger partial charge is 0.280 e. The fourth-order valence-corrected chi connectivity index (χ4v) is 3.14. The average Bonchev–Trinajstić information content (AvgIpc) is 2.47. The van der Waals surface area contributed by atoms with Crippen LogP contribution in [0.1, 0.15) is 0 Å². The van der Waals surface area contributed by atoms with Crippen molar-refractivity contribution in [3.05, 3.63) is 66.6 Å². The predicted octanol–water partition coefficient (Wildman–Crippen LogP) is 3.17. The van der Waals surface area contributed by atoms with Gasteiger partial charge in [0.2, 0.25) is 0 Å². The minimum atomic E-state index is -3.96. The maximum absolute atomic E-state index is 13.6. The number of halogens is 1. The molecule has 0 fully saturated rings. The van der Waals surface area contributed by atoms with E-state index in [1.54, 1.807) is 30.5 Å². The first-order valence-corrected chi connectivity index (χ1v) is 7.67. The Balaban J connectivity index is 1.99. The maximum Gasteiger partial charge on any atom is 0.264 e. The molecule has 1 aromatic heterocycles. The highest BCUT2D eigenvalue weighted by atomic mass is 32.2. The molecule has 3 rings (SSSR count). The molecule has 0 radical (unpaired) electrons. The van der Waals surface area contributed by atoms with E-state index in [0.29, 0.717) is 5.69 Å². The van der Waals surface area contributed by atoms with Crippen LogP contribution in [0.5, 0.6) is 0 Å². The molecule has 0 aliphatic carbocycles. The first kappa shape index (κ1) is 13.5. The van der Waals surface area contributed by atoms with Crippen molar-refractivity contribution in [1.82, 2.24) is 4.98 Å². The van der Waals surface area contributed by atoms with Gasteiger partial charge < -0.3 is 0 Å². The smallest absolute Gasteiger partial charge is 0.264 e. The Morgan fingerprint density at radius 2 is 1.81 bits per heavy atom. The summed E-state index contributed by atoms with van der Waals surface area (Å²) in [6, 6.07) is 13.8. The Kier molecular flexibility index (Phi) is 3.31. The summed E-state index contributed by atoms with van der Waals surface area (Å²) in [5.74, 6) is -0.785. The molecule has 0 amide bonds. The number of hydrogen-bond donors (Lipinski definition) is 1. The van der Waals surface area contributed by atoms with Crippen LogP contribution < -0.4 is 4.72 Å². The number of hydrogen-bond acceptors (Lipinski definition) is 3. The van der Waals surface area contributed by atoms with Crippen molar-refractivity contribution in [2.75, 3.05) is 4.72 Å². The minimum absolute atomic E-state index is 0.360. The number of rotatable bonds is 3. The molecule has 1 heterocycles. The van der Waals surface area contributed by atoms with E-state index < -0.39 is 15.8 Å². The van der Waals surface area contributed by atoms with Gasteiger partial charge in [-0.1, -0.05) is 18.2 Å². The van der Waals surface area contributed by atoms with Crippen LogP contribution in [0.4, 0.5) is 10.1 Å². The number of aromatic nitrogens is 1. The van der Waals surface area contributed by atoms with Crippen LogP contribution in [-0.2, 0) is 10.0 Å². The van der Waals surface area contributed by atoms with Crippen molar-refractivity contribution in [2.45, 2.75) is 4.90 Å². The summed E-state index contributed by atoms with van der Waals surface area (Å²) in [5.41, 5.74) is 1.12. The van der Waals surface area contributed by atoms with Gasteiger partial charge in [-0.25, -0.2) is 12.8 Å². The molecule has 4 nitrogen and oxygen atoms in total. The predicted molar refractivity (Wildman–Crippen MR) is 79.0 cm³/mol. The van der Waals surface area contributed by atoms with Crippen molar-refractivity contribution in [3.8, 4) is 0 Å². The van der Waals surface area contributed by atoms with Crippen LogP contribution in [-0.4, -0.2) is 13.4 Å². The lowest BCUT2D eigenvalue weighted by Crippen LogP contribution is -2.14. The van der Waals surface area contributed by atoms with Gasteiger partial charge >= 0.3 is 0 Å². The molecule has 0 aliphatic rings. The first-order valence-electron chi connectivity index (χ1n) is 6.18. The summed E-state index contributed by atoms with van der Waals surface area (Å²) in [4.78, 5) is 3.78. The minimum Gasteiger partial charge on any atom is -0.280 e. The zero-order valence-electron chi connectivity index (χ0n) is 10.8. The Labute approximate surface area is 121 Å². The average molecular weight is 302 g/mol. The molecule has 2 aromatic carbocycles. The van der Waals surface area contributed by atoms with E-state index in [1.165, 1.54) is 18.2 Å². The van der Waals surface area contributed by atoms with Crippen LogP contribution in [0.15, 0.2) is 65.7 Å². The zero-order chi connectivity index (χ0) is 14.9. The third-order valence-corrected chi connectivity index (χ3v) is 4.40. The van der Waals surface area contributed by atoms with E-state index in [4.69, 9.17) is 0 Å². The lowest BCUT2D eigenvalue weighted by atomic mass is 10.2. The van der Waals surface area contributed by atoms with Crippen molar-refractivity contribution in [3.63, 3.8) is 0 Å². The summed E-state index contributed by atoms with van der Waals surface area (Å²) >= 11 is 0. The Hall–Kier alpha value is -2.47. The van der Waals surface area contributed by atoms with E-state index in [9.17, 15) is 12.8 Å². The standard InChI is InChI=1S/C15H11FN2O2S/c16-13-5-1-2-6-15(13)21(19,20)18-12-7-8-14-11(10-12)4-3-9-17-14/h1-10,18H. The second-order valence-electron chi connectivity index (χ2n) is 4.45. The lowest BCUT2D eigenvalue weighted by molar-refractivity contribution is 0.570. The molecular weight excluding hydrogens is 291 g/mol. The molecular formula is C15H11FN2O2S. The molecule has 106 valence electrons. The van der Waals surface area contributed by atoms with Gasteiger partial charge in [-0.05, 0) is 36.4 Å². The molecule has 0 aliphatic heterocycles. The highest BCUT2D eigenvalue weighted by molar-refractivity contribution is 7.92. The van der Waals surface area contributed by atoms with Gasteiger partial charge in [-0.15, -0.1) is 0 Å². The Bertz CT molecular complexity index is 910. The maximum atomic E-state index is 13.6. The summed E-state index contributed by atoms with van der Waals surface area (Å²) in [6.45, 7) is 0. The third-order valence-electron chi connectivity index (χ3n) is 2.98. The summed E-state index contributed by atoms with van der Waals surface area (Å²) in [5, 5.41) is 0.797. The molecule has 0 bridgehead atoms. The fraction of sp³-hybridized carbons (Fsp3) is 0. The normalized spacial score (nSPS) is 11.5. The summed E-state index contributed by atoms with van der Waals surface area (Å²) < 4.78 is 40.4. The molecule has 1 N–H and O–H groups in total. The number of nitrogens with one attached hydrogen (secondary N) is 1. The van der Waals surface area contributed by atoms with Crippen LogP contribution in [0.3, 0.4) is 0 Å². The monoisotopic (exact) mass is 302 g/mol. The highest BCUT2D eigenvalue weighted by Gasteiger charge is 2.18. The molecule has 6 heteroatoms. The zero-order valence-corrected chi connectivity index (χ0v) is 11.6. The SMILES string of the molecule is O=S(=O)(Nc1ccc2ncccc2c1)c1ccccc1F. The highest BCUT2D eigenvalue weighted by Crippen LogP contribution is 2.21. The topological polar surface area (TPSA) is 59.1 Å². The van der Waals surface area contributed by atoms with E-state index >= 15 is 0 Å². The van der Waals surface area contributed by atoms with E-state index in [1.807, 2.05) is 6.07 Å². The quantitative estimate of drug-likeness (QED) is 0.808. The van der Waals surface area contributed by atoms with Gasteiger partial charge in [0, 0.05) is 17.3 Å². The number of fused-ring (bicyclic) bond motifs is 1. The molecule has 21 heavy (non-hydrogen) atoms. The van der Waals surface area contributed by atoms with Crippen LogP contribution in [0, 0.1) is 5.82 Å². The van der Waals surface area contributed by atoms with Gasteiger partial charge in [0.15, 0.2) is 0 Å². The van der Waals surface area contributed by atoms with Gasteiger partial charge in [-0.3, -0.25) is 9.71 Å². The third kappa shape index (κ3) is 2.71. The van der Waals surface area contributed by atoms with Crippen LogP contribution in [0.2, 0.25) is 0 Å². The van der Waals surface area contributed by atoms with Crippen molar-refractivity contribution in [2.24, 2.45) is 0 Å². The molecule has 0 spiro atoms. The lowest BCUT2D eigenvalue weighted by Gasteiger charge is -2.09. The second-order valence-corrected chi connectivity index (χ2v) is 6.10. The van der Waals surface area contributed by atoms with E-state index in [-0.39, 0.29) is 4.90 Å². The molecule has 0 saturated carbocycles. The molecule has 3 aromatic rings. The number of benzene rings is 2. The first-order chi connectivity index (χ1) is 10.1. The van der Waals surface area contributed by atoms with Crippen molar-refractivity contribution < 1.29 is 12.8 Å². The fourth-order valence-electron chi connectivity index (χ4n) is 2.01. The van der Waals surface area contributed by atoms with Crippen molar-refractivity contribution in [1.29, 1.82) is 0 Å². The molecule has 0 atom stereocenters. The van der Waals surface area contributed by atoms with Gasteiger partial charge in [0.25, 0.3) is 10.0 Å². The number of anilines is 1. The Morgan fingerprint density at radius 3 is 2.62 bits per heavy atom. The number of sulfonamides is 1. The van der Waals surface area contributed by atoms with E-state index in [2.05, 4.69) is 9.71 Å². The second kappa shape index (κ2) is 5.14. The van der Waals surface area contributed by atoms with Crippen LogP contribution in [0.25, 0.3) is 10.9 Å². The van der Waals surface area contributed by atoms with Crippen LogP contribution >= 0.6 is 0 Å². The summed E-state index contributed by atoms with van der Waals surface area (Å²) in [6.07, 6.45) is 1.66. The van der Waals surface area contributed by atoms with Gasteiger partial charge in [-0.2, -0.15) is 0 Å². The summed E-state index contributed by atoms with van der Waals surface area (Å²) in [7, 11) is -3.96. The number of nitrogens with zero attached hydrogens (tertiary/aromatic N) is 1.